The first-order valence-electron chi connectivity index (χ1n) is 11.8. The van der Waals surface area contributed by atoms with Gasteiger partial charge in [0, 0.05) is 44.1 Å². The highest BCUT2D eigenvalue weighted by Gasteiger charge is 2.35. The van der Waals surface area contributed by atoms with Crippen LogP contribution in [0.15, 0.2) is 42.5 Å². The summed E-state index contributed by atoms with van der Waals surface area (Å²) in [5.41, 5.74) is -0.291. The lowest BCUT2D eigenvalue weighted by Crippen LogP contribution is -2.51. The first kappa shape index (κ1) is 26.3. The molecule has 0 unspecified atom stereocenters. The highest BCUT2D eigenvalue weighted by Crippen LogP contribution is 2.37. The minimum Gasteiger partial charge on any atom is -0.507 e. The van der Waals surface area contributed by atoms with E-state index in [2.05, 4.69) is 5.32 Å². The van der Waals surface area contributed by atoms with Gasteiger partial charge in [-0.05, 0) is 49.4 Å². The number of hydrogen-bond acceptors (Lipinski definition) is 6. The van der Waals surface area contributed by atoms with Gasteiger partial charge in [-0.15, -0.1) is 0 Å². The largest absolute Gasteiger partial charge is 0.507 e. The fourth-order valence-electron chi connectivity index (χ4n) is 4.62. The number of alkyl halides is 3. The topological polar surface area (TPSA) is 113 Å². The first-order valence-corrected chi connectivity index (χ1v) is 11.8. The Kier molecular flexibility index (Phi) is 7.58. The Labute approximate surface area is 211 Å². The fourth-order valence-corrected chi connectivity index (χ4v) is 4.62. The zero-order valence-corrected chi connectivity index (χ0v) is 19.9. The molecule has 3 N–H and O–H groups in total. The molecule has 0 aliphatic carbocycles. The van der Waals surface area contributed by atoms with Crippen LogP contribution in [-0.2, 0) is 15.8 Å². The SMILES string of the molecule is O=C(O)c1cccc(N2CCN(C(=O)CN3CC[C@@H](C(=O)Nc4ccc(O)c(C(F)(F)F)c4)C3)CC2)c1. The highest BCUT2D eigenvalue weighted by molar-refractivity contribution is 5.93. The van der Waals surface area contributed by atoms with E-state index in [1.807, 2.05) is 15.9 Å². The average Bonchev–Trinajstić information content (AvgIpc) is 3.33. The monoisotopic (exact) mass is 520 g/mol. The van der Waals surface area contributed by atoms with E-state index in [1.165, 1.54) is 12.1 Å². The van der Waals surface area contributed by atoms with Gasteiger partial charge in [0.05, 0.1) is 23.6 Å². The molecule has 2 saturated heterocycles. The van der Waals surface area contributed by atoms with Crippen molar-refractivity contribution in [1.82, 2.24) is 9.80 Å². The molecule has 0 spiro atoms. The fraction of sp³-hybridized carbons (Fsp3) is 0.400. The first-order chi connectivity index (χ1) is 17.5. The van der Waals surface area contributed by atoms with Crippen LogP contribution in [-0.4, -0.2) is 83.6 Å². The number of hydrogen-bond donors (Lipinski definition) is 3. The second-order valence-electron chi connectivity index (χ2n) is 9.16. The van der Waals surface area contributed by atoms with Crippen molar-refractivity contribution in [3.8, 4) is 5.75 Å². The van der Waals surface area contributed by atoms with Gasteiger partial charge in [-0.2, -0.15) is 13.2 Å². The smallest absolute Gasteiger partial charge is 0.420 e. The number of carboxylic acids is 1. The second kappa shape index (κ2) is 10.7. The molecule has 0 bridgehead atoms. The summed E-state index contributed by atoms with van der Waals surface area (Å²) in [7, 11) is 0. The maximum Gasteiger partial charge on any atom is 0.420 e. The van der Waals surface area contributed by atoms with Crippen molar-refractivity contribution < 1.29 is 37.8 Å². The Bertz CT molecular complexity index is 1180. The number of likely N-dealkylation sites (tertiary alicyclic amines) is 1. The van der Waals surface area contributed by atoms with Crippen LogP contribution in [0.25, 0.3) is 0 Å². The van der Waals surface area contributed by atoms with E-state index < -0.39 is 35.3 Å². The Morgan fingerprint density at radius 1 is 1.00 bits per heavy atom. The van der Waals surface area contributed by atoms with Crippen LogP contribution in [0.4, 0.5) is 24.5 Å². The van der Waals surface area contributed by atoms with E-state index in [0.717, 1.165) is 11.8 Å². The number of rotatable bonds is 6. The number of phenolic OH excluding ortho intramolecular Hbond substituents is 1. The lowest BCUT2D eigenvalue weighted by Gasteiger charge is -2.36. The van der Waals surface area contributed by atoms with Crippen molar-refractivity contribution in [2.24, 2.45) is 5.92 Å². The average molecular weight is 521 g/mol. The van der Waals surface area contributed by atoms with E-state index in [9.17, 15) is 37.8 Å². The Hall–Kier alpha value is -3.80. The third-order valence-electron chi connectivity index (χ3n) is 6.66. The van der Waals surface area contributed by atoms with Crippen molar-refractivity contribution in [2.75, 3.05) is 56.0 Å². The number of anilines is 2. The van der Waals surface area contributed by atoms with Crippen molar-refractivity contribution >= 4 is 29.2 Å². The van der Waals surface area contributed by atoms with Crippen LogP contribution < -0.4 is 10.2 Å². The summed E-state index contributed by atoms with van der Waals surface area (Å²) < 4.78 is 39.0. The van der Waals surface area contributed by atoms with Crippen molar-refractivity contribution in [3.05, 3.63) is 53.6 Å². The van der Waals surface area contributed by atoms with Crippen LogP contribution in [0.5, 0.6) is 5.75 Å². The van der Waals surface area contributed by atoms with Gasteiger partial charge in [-0.1, -0.05) is 6.07 Å². The molecule has 37 heavy (non-hydrogen) atoms. The van der Waals surface area contributed by atoms with E-state index >= 15 is 0 Å². The molecule has 0 radical (unpaired) electrons. The Balaban J connectivity index is 1.26. The van der Waals surface area contributed by atoms with Gasteiger partial charge in [0.2, 0.25) is 11.8 Å². The van der Waals surface area contributed by atoms with Gasteiger partial charge in [0.15, 0.2) is 0 Å². The third-order valence-corrected chi connectivity index (χ3v) is 6.66. The molecule has 2 aliphatic rings. The van der Waals surface area contributed by atoms with Gasteiger partial charge >= 0.3 is 12.1 Å². The lowest BCUT2D eigenvalue weighted by atomic mass is 10.1. The third kappa shape index (κ3) is 6.31. The molecule has 1 atom stereocenters. The summed E-state index contributed by atoms with van der Waals surface area (Å²) in [6, 6.07) is 9.45. The Morgan fingerprint density at radius 2 is 1.73 bits per heavy atom. The van der Waals surface area contributed by atoms with E-state index in [1.54, 1.807) is 17.0 Å². The second-order valence-corrected chi connectivity index (χ2v) is 9.16. The minimum atomic E-state index is -4.75. The molecule has 2 aromatic carbocycles. The number of aromatic hydroxyl groups is 1. The summed E-state index contributed by atoms with van der Waals surface area (Å²) >= 11 is 0. The number of aromatic carboxylic acids is 1. The van der Waals surface area contributed by atoms with Crippen LogP contribution in [0.2, 0.25) is 0 Å². The minimum absolute atomic E-state index is 0.0589. The predicted molar refractivity (Wildman–Crippen MR) is 128 cm³/mol. The predicted octanol–water partition coefficient (Wildman–Crippen LogP) is 2.72. The van der Waals surface area contributed by atoms with Crippen LogP contribution in [0.1, 0.15) is 22.3 Å². The summed E-state index contributed by atoms with van der Waals surface area (Å²) in [5.74, 6) is -2.90. The number of phenols is 1. The van der Waals surface area contributed by atoms with Crippen molar-refractivity contribution in [3.63, 3.8) is 0 Å². The van der Waals surface area contributed by atoms with E-state index in [0.29, 0.717) is 51.8 Å². The molecule has 9 nitrogen and oxygen atoms in total. The maximum atomic E-state index is 13.0. The zero-order valence-electron chi connectivity index (χ0n) is 19.9. The van der Waals surface area contributed by atoms with Gasteiger partial charge in [0.1, 0.15) is 5.75 Å². The quantitative estimate of drug-likeness (QED) is 0.502. The highest BCUT2D eigenvalue weighted by atomic mass is 19.4. The number of halogens is 3. The zero-order chi connectivity index (χ0) is 26.7. The summed E-state index contributed by atoms with van der Waals surface area (Å²) in [5, 5.41) is 21.1. The number of nitrogens with zero attached hydrogens (tertiary/aromatic N) is 3. The molecule has 0 saturated carbocycles. The van der Waals surface area contributed by atoms with Crippen LogP contribution in [0, 0.1) is 5.92 Å². The molecule has 12 heteroatoms. The number of carbonyl (C=O) groups excluding carboxylic acids is 2. The number of carboxylic acid groups (broad SMARTS) is 1. The van der Waals surface area contributed by atoms with Gasteiger partial charge < -0.3 is 25.3 Å². The molecule has 2 fully saturated rings. The molecular formula is C25H27F3N4O5. The van der Waals surface area contributed by atoms with E-state index in [-0.39, 0.29) is 23.7 Å². The summed E-state index contributed by atoms with van der Waals surface area (Å²) in [6.45, 7) is 3.04. The molecule has 0 aromatic heterocycles. The molecule has 198 valence electrons. The van der Waals surface area contributed by atoms with Gasteiger partial charge in [-0.25, -0.2) is 4.79 Å². The molecule has 2 aliphatic heterocycles. The number of benzene rings is 2. The lowest BCUT2D eigenvalue weighted by molar-refractivity contribution is -0.138. The van der Waals surface area contributed by atoms with Crippen LogP contribution >= 0.6 is 0 Å². The molecule has 2 amide bonds. The van der Waals surface area contributed by atoms with Crippen LogP contribution in [0.3, 0.4) is 0 Å². The van der Waals surface area contributed by atoms with Gasteiger partial charge in [0.25, 0.3) is 0 Å². The maximum absolute atomic E-state index is 13.0. The summed E-state index contributed by atoms with van der Waals surface area (Å²) in [6.07, 6.45) is -4.28. The van der Waals surface area contributed by atoms with E-state index in [4.69, 9.17) is 0 Å². The number of piperazine rings is 1. The molecule has 4 rings (SSSR count). The standard InChI is InChI=1S/C25H27F3N4O5/c26-25(27,28)20-13-18(4-5-21(20)33)29-23(35)17-6-7-30(14-17)15-22(34)32-10-8-31(9-11-32)19-3-1-2-16(12-19)24(36)37/h1-5,12-13,17,33H,6-11,14-15H2,(H,29,35)(H,36,37)/t17-/m1/s1. The number of amides is 2. The molecule has 2 heterocycles. The number of nitrogens with one attached hydrogen (secondary N) is 1. The Morgan fingerprint density at radius 3 is 2.41 bits per heavy atom. The van der Waals surface area contributed by atoms with Crippen molar-refractivity contribution in [2.45, 2.75) is 12.6 Å². The van der Waals surface area contributed by atoms with Gasteiger partial charge in [-0.3, -0.25) is 14.5 Å². The normalized spacial score (nSPS) is 18.6. The summed E-state index contributed by atoms with van der Waals surface area (Å²) in [4.78, 5) is 42.3. The van der Waals surface area contributed by atoms with Crippen molar-refractivity contribution in [1.29, 1.82) is 0 Å². The number of carbonyl (C=O) groups is 3. The molecule has 2 aromatic rings. The molecular weight excluding hydrogens is 493 g/mol.